The summed E-state index contributed by atoms with van der Waals surface area (Å²) in [5, 5.41) is 10.8. The van der Waals surface area contributed by atoms with E-state index in [-0.39, 0.29) is 28.5 Å². The third kappa shape index (κ3) is 5.30. The van der Waals surface area contributed by atoms with Crippen LogP contribution >= 0.6 is 0 Å². The van der Waals surface area contributed by atoms with Gasteiger partial charge in [-0.25, -0.2) is 13.2 Å². The Hall–Kier alpha value is -3.52. The van der Waals surface area contributed by atoms with Crippen LogP contribution in [0.25, 0.3) is 0 Å². The minimum atomic E-state index is -3.49. The Balaban J connectivity index is 1.63. The molecule has 0 aromatic heterocycles. The van der Waals surface area contributed by atoms with E-state index in [0.717, 1.165) is 5.56 Å². The summed E-state index contributed by atoms with van der Waals surface area (Å²) >= 11 is 0. The topological polar surface area (TPSA) is 104 Å². The number of carbonyl (C=O) groups excluding carboxylic acids is 1. The second-order valence-corrected chi connectivity index (χ2v) is 8.76. The molecule has 0 aliphatic carbocycles. The van der Waals surface area contributed by atoms with Crippen molar-refractivity contribution < 1.29 is 22.9 Å². The second kappa shape index (κ2) is 8.87. The first-order valence-electron chi connectivity index (χ1n) is 9.03. The van der Waals surface area contributed by atoms with Crippen molar-refractivity contribution in [1.82, 2.24) is 0 Å². The van der Waals surface area contributed by atoms with Crippen LogP contribution in [0.15, 0.2) is 77.7 Å². The van der Waals surface area contributed by atoms with E-state index in [4.69, 9.17) is 4.74 Å². The van der Waals surface area contributed by atoms with Crippen molar-refractivity contribution in [2.45, 2.75) is 24.2 Å². The summed E-state index contributed by atoms with van der Waals surface area (Å²) in [7, 11) is -3.49. The molecule has 0 saturated carbocycles. The van der Waals surface area contributed by atoms with Gasteiger partial charge in [-0.15, -0.1) is 0 Å². The van der Waals surface area contributed by atoms with Crippen LogP contribution in [-0.2, 0) is 26.9 Å². The fourth-order valence-electron chi connectivity index (χ4n) is 2.78. The summed E-state index contributed by atoms with van der Waals surface area (Å²) in [6.07, 6.45) is 0. The van der Waals surface area contributed by atoms with Gasteiger partial charge in [0.1, 0.15) is 6.61 Å². The van der Waals surface area contributed by atoms with Crippen LogP contribution in [0, 0.1) is 17.0 Å². The number of benzene rings is 3. The zero-order chi connectivity index (χ0) is 21.7. The van der Waals surface area contributed by atoms with E-state index in [9.17, 15) is 23.3 Å². The van der Waals surface area contributed by atoms with Gasteiger partial charge in [-0.2, -0.15) is 0 Å². The summed E-state index contributed by atoms with van der Waals surface area (Å²) in [4.78, 5) is 22.7. The Morgan fingerprint density at radius 2 is 1.63 bits per heavy atom. The Kier molecular flexibility index (Phi) is 6.27. The average molecular weight is 425 g/mol. The number of sulfone groups is 1. The smallest absolute Gasteiger partial charge is 0.338 e. The van der Waals surface area contributed by atoms with Crippen LogP contribution in [0.1, 0.15) is 27.0 Å². The number of nitro benzene ring substituents is 1. The van der Waals surface area contributed by atoms with Gasteiger partial charge in [0.25, 0.3) is 5.69 Å². The van der Waals surface area contributed by atoms with Crippen molar-refractivity contribution in [2.75, 3.05) is 0 Å². The quantitative estimate of drug-likeness (QED) is 0.319. The Morgan fingerprint density at radius 1 is 0.967 bits per heavy atom. The Bertz CT molecular complexity index is 1170. The monoisotopic (exact) mass is 425 g/mol. The molecule has 0 N–H and O–H groups in total. The highest BCUT2D eigenvalue weighted by molar-refractivity contribution is 7.90. The fraction of sp³-hybridized carbons (Fsp3) is 0.136. The van der Waals surface area contributed by atoms with E-state index in [0.29, 0.717) is 11.1 Å². The van der Waals surface area contributed by atoms with Gasteiger partial charge in [0.2, 0.25) is 0 Å². The maximum atomic E-state index is 12.5. The zero-order valence-electron chi connectivity index (χ0n) is 16.1. The lowest BCUT2D eigenvalue weighted by molar-refractivity contribution is -0.384. The molecule has 7 nitrogen and oxygen atoms in total. The molecule has 0 saturated heterocycles. The third-order valence-electron chi connectivity index (χ3n) is 4.42. The van der Waals surface area contributed by atoms with Crippen molar-refractivity contribution in [3.05, 3.63) is 105 Å². The van der Waals surface area contributed by atoms with Gasteiger partial charge in [0, 0.05) is 12.1 Å². The summed E-state index contributed by atoms with van der Waals surface area (Å²) in [5.74, 6) is -0.784. The minimum absolute atomic E-state index is 0.0808. The number of hydrogen-bond acceptors (Lipinski definition) is 6. The molecule has 30 heavy (non-hydrogen) atoms. The van der Waals surface area contributed by atoms with Gasteiger partial charge in [0.15, 0.2) is 9.84 Å². The SMILES string of the molecule is Cc1ccc(S(=O)(=O)Cc2ccc(C(=O)OCc3cccc([N+](=O)[O-])c3)cc2)cc1. The first kappa shape index (κ1) is 21.2. The number of ether oxygens (including phenoxy) is 1. The lowest BCUT2D eigenvalue weighted by atomic mass is 10.1. The van der Waals surface area contributed by atoms with Gasteiger partial charge in [-0.3, -0.25) is 10.1 Å². The van der Waals surface area contributed by atoms with Crippen LogP contribution in [0.4, 0.5) is 5.69 Å². The largest absolute Gasteiger partial charge is 0.457 e. The van der Waals surface area contributed by atoms with Crippen molar-refractivity contribution in [3.63, 3.8) is 0 Å². The van der Waals surface area contributed by atoms with E-state index in [1.807, 2.05) is 6.92 Å². The molecular formula is C22H19NO6S. The molecule has 3 rings (SSSR count). The normalized spacial score (nSPS) is 11.1. The second-order valence-electron chi connectivity index (χ2n) is 6.77. The van der Waals surface area contributed by atoms with Crippen LogP contribution in [0.3, 0.4) is 0 Å². The van der Waals surface area contributed by atoms with E-state index in [1.54, 1.807) is 42.5 Å². The van der Waals surface area contributed by atoms with Gasteiger partial charge >= 0.3 is 5.97 Å². The van der Waals surface area contributed by atoms with Crippen LogP contribution in [-0.4, -0.2) is 19.3 Å². The van der Waals surface area contributed by atoms with E-state index < -0.39 is 20.7 Å². The number of nitrogens with zero attached hydrogens (tertiary/aromatic N) is 1. The highest BCUT2D eigenvalue weighted by atomic mass is 32.2. The standard InChI is InChI=1S/C22H19NO6S/c1-16-5-11-21(12-6-16)30(27,28)15-17-7-9-19(10-8-17)22(24)29-14-18-3-2-4-20(13-18)23(25)26/h2-13H,14-15H2,1H3. The number of esters is 1. The molecule has 0 spiro atoms. The first-order valence-corrected chi connectivity index (χ1v) is 10.7. The fourth-order valence-corrected chi connectivity index (χ4v) is 4.13. The molecule has 0 bridgehead atoms. The van der Waals surface area contributed by atoms with Crippen LogP contribution in [0.2, 0.25) is 0 Å². The summed E-state index contributed by atoms with van der Waals surface area (Å²) < 4.78 is 30.2. The minimum Gasteiger partial charge on any atom is -0.457 e. The molecule has 0 radical (unpaired) electrons. The molecule has 0 unspecified atom stereocenters. The molecule has 0 atom stereocenters. The number of hydrogen-bond donors (Lipinski definition) is 0. The summed E-state index contributed by atoms with van der Waals surface area (Å²) in [6, 6.07) is 18.6. The number of aryl methyl sites for hydroxylation is 1. The van der Waals surface area contributed by atoms with Crippen molar-refractivity contribution >= 4 is 21.5 Å². The number of rotatable bonds is 7. The highest BCUT2D eigenvalue weighted by Crippen LogP contribution is 2.18. The van der Waals surface area contributed by atoms with Gasteiger partial charge < -0.3 is 4.74 Å². The molecule has 0 heterocycles. The summed E-state index contributed by atoms with van der Waals surface area (Å²) in [6.45, 7) is 1.78. The van der Waals surface area contributed by atoms with Crippen molar-refractivity contribution in [2.24, 2.45) is 0 Å². The van der Waals surface area contributed by atoms with Crippen LogP contribution in [0.5, 0.6) is 0 Å². The Morgan fingerprint density at radius 3 is 2.27 bits per heavy atom. The average Bonchev–Trinajstić information content (AvgIpc) is 2.73. The number of nitro groups is 1. The molecule has 0 fully saturated rings. The van der Waals surface area contributed by atoms with Crippen molar-refractivity contribution in [1.29, 1.82) is 0 Å². The first-order chi connectivity index (χ1) is 14.2. The molecule has 0 amide bonds. The van der Waals surface area contributed by atoms with E-state index in [1.165, 1.54) is 30.3 Å². The molecule has 3 aromatic carbocycles. The van der Waals surface area contributed by atoms with Crippen LogP contribution < -0.4 is 0 Å². The Labute approximate surface area is 174 Å². The lowest BCUT2D eigenvalue weighted by Crippen LogP contribution is -2.07. The maximum absolute atomic E-state index is 12.5. The maximum Gasteiger partial charge on any atom is 0.338 e. The highest BCUT2D eigenvalue weighted by Gasteiger charge is 2.16. The number of carbonyl (C=O) groups is 1. The molecule has 8 heteroatoms. The predicted molar refractivity (Wildman–Crippen MR) is 111 cm³/mol. The molecular weight excluding hydrogens is 406 g/mol. The molecule has 0 aliphatic rings. The lowest BCUT2D eigenvalue weighted by Gasteiger charge is -2.07. The van der Waals surface area contributed by atoms with E-state index in [2.05, 4.69) is 0 Å². The predicted octanol–water partition coefficient (Wildman–Crippen LogP) is 4.23. The molecule has 3 aromatic rings. The van der Waals surface area contributed by atoms with Gasteiger partial charge in [-0.1, -0.05) is 42.0 Å². The van der Waals surface area contributed by atoms with Gasteiger partial charge in [-0.05, 0) is 42.3 Å². The number of non-ortho nitro benzene ring substituents is 1. The van der Waals surface area contributed by atoms with Crippen molar-refractivity contribution in [3.8, 4) is 0 Å². The molecule has 154 valence electrons. The zero-order valence-corrected chi connectivity index (χ0v) is 17.0. The third-order valence-corrected chi connectivity index (χ3v) is 6.12. The summed E-state index contributed by atoms with van der Waals surface area (Å²) in [5.41, 5.74) is 2.20. The molecule has 0 aliphatic heterocycles. The van der Waals surface area contributed by atoms with Gasteiger partial charge in [0.05, 0.1) is 21.1 Å². The van der Waals surface area contributed by atoms with E-state index >= 15 is 0 Å².